The van der Waals surface area contributed by atoms with E-state index >= 15 is 0 Å². The number of nitrogens with zero attached hydrogens (tertiary/aromatic N) is 2. The van der Waals surface area contributed by atoms with Crippen LogP contribution in [0.5, 0.6) is 5.75 Å². The highest BCUT2D eigenvalue weighted by Gasteiger charge is 2.06. The van der Waals surface area contributed by atoms with E-state index < -0.39 is 0 Å². The average molecular weight is 134 g/mol. The number of hydrogen-bond donors (Lipinski definition) is 1. The Bertz CT molecular complexity index is 294. The minimum Gasteiger partial charge on any atom is -0.508 e. The van der Waals surface area contributed by atoms with Gasteiger partial charge in [-0.3, -0.25) is 0 Å². The number of fused-ring (bicyclic) bond motifs is 1. The van der Waals surface area contributed by atoms with Crippen molar-refractivity contribution in [3.05, 3.63) is 23.8 Å². The van der Waals surface area contributed by atoms with Gasteiger partial charge in [-0.25, -0.2) is 0 Å². The largest absolute Gasteiger partial charge is 0.508 e. The molecule has 1 aliphatic heterocycles. The lowest BCUT2D eigenvalue weighted by molar-refractivity contribution is 0.475. The summed E-state index contributed by atoms with van der Waals surface area (Å²) in [6, 6.07) is 5.10. The molecule has 0 fully saturated rings. The molecule has 1 aromatic carbocycles. The molecule has 10 heavy (non-hydrogen) atoms. The minimum absolute atomic E-state index is 0.250. The van der Waals surface area contributed by atoms with Crippen LogP contribution < -0.4 is 0 Å². The van der Waals surface area contributed by atoms with E-state index in [0.717, 1.165) is 11.3 Å². The molecule has 1 aromatic rings. The number of phenolic OH excluding ortho intramolecular Hbond substituents is 1. The predicted octanol–water partition coefficient (Wildman–Crippen LogP) is 1.99. The summed E-state index contributed by atoms with van der Waals surface area (Å²) in [5.41, 5.74) is 1.87. The van der Waals surface area contributed by atoms with E-state index in [4.69, 9.17) is 5.11 Å². The Balaban J connectivity index is 2.60. The first-order valence-corrected chi connectivity index (χ1v) is 3.06. The Labute approximate surface area is 58.0 Å². The first-order valence-electron chi connectivity index (χ1n) is 3.06. The fraction of sp³-hybridized carbons (Fsp3) is 0.143. The molecule has 50 valence electrons. The summed E-state index contributed by atoms with van der Waals surface area (Å²) >= 11 is 0. The van der Waals surface area contributed by atoms with E-state index in [9.17, 15) is 0 Å². The highest BCUT2D eigenvalue weighted by molar-refractivity contribution is 5.51. The third kappa shape index (κ3) is 0.673. The summed E-state index contributed by atoms with van der Waals surface area (Å²) in [7, 11) is 0. The van der Waals surface area contributed by atoms with Crippen LogP contribution in [0.1, 0.15) is 5.56 Å². The van der Waals surface area contributed by atoms with Gasteiger partial charge in [-0.05, 0) is 6.07 Å². The first-order chi connectivity index (χ1) is 4.86. The number of phenols is 1. The summed E-state index contributed by atoms with van der Waals surface area (Å²) in [5.74, 6) is 0.250. The molecule has 3 heteroatoms. The summed E-state index contributed by atoms with van der Waals surface area (Å²) in [6.45, 7) is 0.648. The number of hydrogen-bond acceptors (Lipinski definition) is 3. The van der Waals surface area contributed by atoms with Crippen LogP contribution in [0.3, 0.4) is 0 Å². The topological polar surface area (TPSA) is 45.0 Å². The smallest absolute Gasteiger partial charge is 0.117 e. The second kappa shape index (κ2) is 1.80. The van der Waals surface area contributed by atoms with Gasteiger partial charge in [-0.2, -0.15) is 10.2 Å². The van der Waals surface area contributed by atoms with Gasteiger partial charge in [0.15, 0.2) is 0 Å². The molecular weight excluding hydrogens is 128 g/mol. The molecule has 0 saturated carbocycles. The molecular formula is C7H6N2O. The summed E-state index contributed by atoms with van der Waals surface area (Å²) in [6.07, 6.45) is 0. The molecule has 0 aromatic heterocycles. The molecule has 2 rings (SSSR count). The monoisotopic (exact) mass is 134 g/mol. The zero-order chi connectivity index (χ0) is 6.97. The van der Waals surface area contributed by atoms with Gasteiger partial charge in [0.1, 0.15) is 5.75 Å². The quantitative estimate of drug-likeness (QED) is 0.579. The zero-order valence-corrected chi connectivity index (χ0v) is 5.28. The Kier molecular flexibility index (Phi) is 0.974. The maximum Gasteiger partial charge on any atom is 0.117 e. The molecule has 0 atom stereocenters. The normalized spacial score (nSPS) is 13.6. The molecule has 3 nitrogen and oxygen atoms in total. The Morgan fingerprint density at radius 3 is 3.20 bits per heavy atom. The van der Waals surface area contributed by atoms with Crippen LogP contribution in [0, 0.1) is 0 Å². The number of azo groups is 1. The van der Waals surface area contributed by atoms with Crippen molar-refractivity contribution in [1.29, 1.82) is 0 Å². The minimum atomic E-state index is 0.250. The van der Waals surface area contributed by atoms with Gasteiger partial charge in [-0.1, -0.05) is 6.07 Å². The number of aromatic hydroxyl groups is 1. The van der Waals surface area contributed by atoms with Crippen LogP contribution in [-0.4, -0.2) is 5.11 Å². The average Bonchev–Trinajstić information content (AvgIpc) is 2.33. The van der Waals surface area contributed by atoms with Crippen molar-refractivity contribution in [2.75, 3.05) is 0 Å². The lowest BCUT2D eigenvalue weighted by atomic mass is 10.2. The SMILES string of the molecule is Oc1ccc2c(c1)N=NC2. The van der Waals surface area contributed by atoms with Crippen molar-refractivity contribution in [3.8, 4) is 5.75 Å². The molecule has 0 saturated heterocycles. The maximum absolute atomic E-state index is 8.99. The lowest BCUT2D eigenvalue weighted by Gasteiger charge is -1.93. The van der Waals surface area contributed by atoms with Crippen molar-refractivity contribution < 1.29 is 5.11 Å². The molecule has 0 radical (unpaired) electrons. The summed E-state index contributed by atoms with van der Waals surface area (Å²) in [4.78, 5) is 0. The number of rotatable bonds is 0. The highest BCUT2D eigenvalue weighted by atomic mass is 16.3. The van der Waals surface area contributed by atoms with Gasteiger partial charge in [0.25, 0.3) is 0 Å². The van der Waals surface area contributed by atoms with Gasteiger partial charge in [-0.15, -0.1) is 0 Å². The molecule has 0 spiro atoms. The lowest BCUT2D eigenvalue weighted by Crippen LogP contribution is -1.73. The zero-order valence-electron chi connectivity index (χ0n) is 5.28. The fourth-order valence-electron chi connectivity index (χ4n) is 0.967. The predicted molar refractivity (Wildman–Crippen MR) is 36.3 cm³/mol. The van der Waals surface area contributed by atoms with Crippen molar-refractivity contribution >= 4 is 5.69 Å². The Morgan fingerprint density at radius 1 is 1.40 bits per heavy atom. The van der Waals surface area contributed by atoms with Gasteiger partial charge in [0, 0.05) is 11.6 Å². The second-order valence-corrected chi connectivity index (χ2v) is 2.21. The standard InChI is InChI=1S/C7H6N2O/c10-6-2-1-5-4-8-9-7(5)3-6/h1-3,10H,4H2. The van der Waals surface area contributed by atoms with E-state index in [1.165, 1.54) is 0 Å². The molecule has 0 aliphatic carbocycles. The van der Waals surface area contributed by atoms with E-state index in [0.29, 0.717) is 6.54 Å². The van der Waals surface area contributed by atoms with Crippen molar-refractivity contribution in [2.45, 2.75) is 6.54 Å². The van der Waals surface area contributed by atoms with E-state index in [1.807, 2.05) is 6.07 Å². The van der Waals surface area contributed by atoms with Crippen LogP contribution in [0.2, 0.25) is 0 Å². The Morgan fingerprint density at radius 2 is 2.30 bits per heavy atom. The molecule has 0 amide bonds. The van der Waals surface area contributed by atoms with Gasteiger partial charge in [0.05, 0.1) is 12.2 Å². The van der Waals surface area contributed by atoms with Gasteiger partial charge in [0.2, 0.25) is 0 Å². The van der Waals surface area contributed by atoms with Gasteiger partial charge < -0.3 is 5.11 Å². The van der Waals surface area contributed by atoms with Crippen LogP contribution in [0.4, 0.5) is 5.69 Å². The molecule has 1 heterocycles. The molecule has 1 N–H and O–H groups in total. The van der Waals surface area contributed by atoms with Crippen molar-refractivity contribution in [3.63, 3.8) is 0 Å². The third-order valence-electron chi connectivity index (χ3n) is 1.49. The molecule has 1 aliphatic rings. The van der Waals surface area contributed by atoms with Crippen LogP contribution in [0.25, 0.3) is 0 Å². The second-order valence-electron chi connectivity index (χ2n) is 2.21. The summed E-state index contributed by atoms with van der Waals surface area (Å²) in [5, 5.41) is 16.6. The molecule has 0 bridgehead atoms. The maximum atomic E-state index is 8.99. The fourth-order valence-corrected chi connectivity index (χ4v) is 0.967. The van der Waals surface area contributed by atoms with E-state index in [2.05, 4.69) is 10.2 Å². The highest BCUT2D eigenvalue weighted by Crippen LogP contribution is 2.29. The first kappa shape index (κ1) is 5.41. The van der Waals surface area contributed by atoms with E-state index in [-0.39, 0.29) is 5.75 Å². The Hall–Kier alpha value is -1.38. The molecule has 0 unspecified atom stereocenters. The number of benzene rings is 1. The van der Waals surface area contributed by atoms with Crippen LogP contribution in [-0.2, 0) is 6.54 Å². The third-order valence-corrected chi connectivity index (χ3v) is 1.49. The van der Waals surface area contributed by atoms with E-state index in [1.54, 1.807) is 12.1 Å². The van der Waals surface area contributed by atoms with Crippen LogP contribution in [0.15, 0.2) is 28.4 Å². The van der Waals surface area contributed by atoms with Crippen molar-refractivity contribution in [1.82, 2.24) is 0 Å². The van der Waals surface area contributed by atoms with Crippen molar-refractivity contribution in [2.24, 2.45) is 10.2 Å². The van der Waals surface area contributed by atoms with Crippen LogP contribution >= 0.6 is 0 Å². The summed E-state index contributed by atoms with van der Waals surface area (Å²) < 4.78 is 0. The van der Waals surface area contributed by atoms with Gasteiger partial charge >= 0.3 is 0 Å².